The number of rotatable bonds is 2. The van der Waals surface area contributed by atoms with Gasteiger partial charge in [0.05, 0.1) is 18.0 Å². The summed E-state index contributed by atoms with van der Waals surface area (Å²) < 4.78 is 5.93. The molecule has 1 fully saturated rings. The lowest BCUT2D eigenvalue weighted by atomic mass is 9.73. The maximum absolute atomic E-state index is 13.1. The standard InChI is InChI=1S/C23H35N3O3/c1-2-19(24)21(27)26-15-12-23(13-16-26)11-7-3-4-8-18-9-5-6-10-20(18)29-17-14-25-22(23)28/h5-6,9-10,19H,2-4,7-8,11-17,24H2,1H3,(H,25,28)/t19-/m0/s1. The Hall–Kier alpha value is -2.08. The fourth-order valence-corrected chi connectivity index (χ4v) is 4.47. The molecule has 2 aliphatic heterocycles. The molecule has 3 rings (SSSR count). The number of carbonyl (C=O) groups is 2. The first-order chi connectivity index (χ1) is 14.1. The molecule has 160 valence electrons. The molecule has 1 spiro atoms. The number of hydrogen-bond acceptors (Lipinski definition) is 4. The highest BCUT2D eigenvalue weighted by molar-refractivity contribution is 5.84. The van der Waals surface area contributed by atoms with Crippen LogP contribution in [0.3, 0.4) is 0 Å². The van der Waals surface area contributed by atoms with Crippen molar-refractivity contribution in [2.75, 3.05) is 26.2 Å². The lowest BCUT2D eigenvalue weighted by molar-refractivity contribution is -0.142. The summed E-state index contributed by atoms with van der Waals surface area (Å²) in [6.45, 7) is 4.12. The topological polar surface area (TPSA) is 84.7 Å². The van der Waals surface area contributed by atoms with Gasteiger partial charge in [0.15, 0.2) is 0 Å². The van der Waals surface area contributed by atoms with E-state index in [0.29, 0.717) is 45.5 Å². The quantitative estimate of drug-likeness (QED) is 0.798. The zero-order valence-electron chi connectivity index (χ0n) is 17.6. The van der Waals surface area contributed by atoms with Gasteiger partial charge in [0, 0.05) is 13.1 Å². The molecule has 6 heteroatoms. The number of nitrogens with two attached hydrogens (primary N) is 1. The molecule has 0 unspecified atom stereocenters. The van der Waals surface area contributed by atoms with Gasteiger partial charge in [-0.1, -0.05) is 38.0 Å². The van der Waals surface area contributed by atoms with Crippen molar-refractivity contribution in [2.24, 2.45) is 11.1 Å². The number of amides is 2. The first-order valence-electron chi connectivity index (χ1n) is 11.1. The Balaban J connectivity index is 1.63. The summed E-state index contributed by atoms with van der Waals surface area (Å²) in [4.78, 5) is 27.4. The van der Waals surface area contributed by atoms with E-state index in [1.165, 1.54) is 5.56 Å². The van der Waals surface area contributed by atoms with Gasteiger partial charge in [0.1, 0.15) is 12.4 Å². The Kier molecular flexibility index (Phi) is 7.53. The van der Waals surface area contributed by atoms with Crippen molar-refractivity contribution in [1.29, 1.82) is 0 Å². The number of para-hydroxylation sites is 1. The third kappa shape index (κ3) is 5.30. The molecule has 0 aliphatic carbocycles. The zero-order chi connectivity index (χ0) is 20.7. The highest BCUT2D eigenvalue weighted by atomic mass is 16.5. The molecule has 2 amide bonds. The molecular formula is C23H35N3O3. The molecule has 1 saturated heterocycles. The SMILES string of the molecule is CC[C@H](N)C(=O)N1CCC2(CCCCCc3ccccc3OCCNC2=O)CC1. The Morgan fingerprint density at radius 3 is 2.72 bits per heavy atom. The van der Waals surface area contributed by atoms with Crippen molar-refractivity contribution in [2.45, 2.75) is 64.3 Å². The van der Waals surface area contributed by atoms with Gasteiger partial charge in [0.25, 0.3) is 0 Å². The Bertz CT molecular complexity index is 698. The Morgan fingerprint density at radius 2 is 1.97 bits per heavy atom. The molecule has 0 bridgehead atoms. The number of hydrogen-bond donors (Lipinski definition) is 2. The lowest BCUT2D eigenvalue weighted by Gasteiger charge is -2.41. The van der Waals surface area contributed by atoms with E-state index in [1.54, 1.807) is 0 Å². The minimum Gasteiger partial charge on any atom is -0.491 e. The van der Waals surface area contributed by atoms with Gasteiger partial charge < -0.3 is 20.7 Å². The molecule has 1 aromatic rings. The van der Waals surface area contributed by atoms with Gasteiger partial charge in [-0.25, -0.2) is 0 Å². The summed E-state index contributed by atoms with van der Waals surface area (Å²) in [7, 11) is 0. The third-order valence-corrected chi connectivity index (χ3v) is 6.49. The minimum atomic E-state index is -0.434. The van der Waals surface area contributed by atoms with Crippen LogP contribution in [0.25, 0.3) is 0 Å². The molecule has 3 N–H and O–H groups in total. The van der Waals surface area contributed by atoms with Gasteiger partial charge in [-0.3, -0.25) is 9.59 Å². The Morgan fingerprint density at radius 1 is 1.21 bits per heavy atom. The van der Waals surface area contributed by atoms with Gasteiger partial charge in [-0.2, -0.15) is 0 Å². The molecule has 2 aliphatic rings. The average molecular weight is 402 g/mol. The second kappa shape index (κ2) is 10.1. The van der Waals surface area contributed by atoms with Crippen LogP contribution in [0.1, 0.15) is 57.4 Å². The summed E-state index contributed by atoms with van der Waals surface area (Å²) in [5.74, 6) is 1.05. The van der Waals surface area contributed by atoms with Crippen LogP contribution in [0.5, 0.6) is 5.75 Å². The molecule has 29 heavy (non-hydrogen) atoms. The van der Waals surface area contributed by atoms with Crippen LogP contribution in [-0.4, -0.2) is 49.0 Å². The zero-order valence-corrected chi connectivity index (χ0v) is 17.6. The van der Waals surface area contributed by atoms with E-state index in [-0.39, 0.29) is 17.2 Å². The van der Waals surface area contributed by atoms with Crippen molar-refractivity contribution in [3.63, 3.8) is 0 Å². The maximum atomic E-state index is 13.1. The number of nitrogens with zero attached hydrogens (tertiary/aromatic N) is 1. The molecule has 0 aromatic heterocycles. The van der Waals surface area contributed by atoms with Crippen LogP contribution in [0.4, 0.5) is 0 Å². The number of carbonyl (C=O) groups excluding carboxylic acids is 2. The van der Waals surface area contributed by atoms with Crippen molar-refractivity contribution < 1.29 is 14.3 Å². The summed E-state index contributed by atoms with van der Waals surface area (Å²) in [6.07, 6.45) is 7.15. The van der Waals surface area contributed by atoms with Crippen molar-refractivity contribution in [1.82, 2.24) is 10.2 Å². The molecule has 0 radical (unpaired) electrons. The van der Waals surface area contributed by atoms with Crippen LogP contribution < -0.4 is 15.8 Å². The van der Waals surface area contributed by atoms with E-state index < -0.39 is 6.04 Å². The first-order valence-corrected chi connectivity index (χ1v) is 11.1. The third-order valence-electron chi connectivity index (χ3n) is 6.49. The molecule has 0 saturated carbocycles. The van der Waals surface area contributed by atoms with E-state index in [9.17, 15) is 9.59 Å². The average Bonchev–Trinajstić information content (AvgIpc) is 2.77. The van der Waals surface area contributed by atoms with E-state index >= 15 is 0 Å². The molecule has 6 nitrogen and oxygen atoms in total. The van der Waals surface area contributed by atoms with E-state index in [2.05, 4.69) is 17.4 Å². The number of nitrogens with one attached hydrogen (secondary N) is 1. The molecular weight excluding hydrogens is 366 g/mol. The van der Waals surface area contributed by atoms with Crippen LogP contribution in [0.15, 0.2) is 24.3 Å². The van der Waals surface area contributed by atoms with E-state index in [1.807, 2.05) is 24.0 Å². The second-order valence-electron chi connectivity index (χ2n) is 8.39. The summed E-state index contributed by atoms with van der Waals surface area (Å²) in [6, 6.07) is 7.74. The number of piperidine rings is 1. The smallest absolute Gasteiger partial charge is 0.239 e. The second-order valence-corrected chi connectivity index (χ2v) is 8.39. The number of aryl methyl sites for hydroxylation is 1. The first kappa shape index (κ1) is 21.6. The maximum Gasteiger partial charge on any atom is 0.239 e. The van der Waals surface area contributed by atoms with Crippen molar-refractivity contribution >= 4 is 11.8 Å². The van der Waals surface area contributed by atoms with E-state index in [0.717, 1.165) is 37.9 Å². The largest absolute Gasteiger partial charge is 0.491 e. The van der Waals surface area contributed by atoms with Crippen LogP contribution in [-0.2, 0) is 16.0 Å². The number of fused-ring (bicyclic) bond motifs is 1. The van der Waals surface area contributed by atoms with Crippen molar-refractivity contribution in [3.05, 3.63) is 29.8 Å². The summed E-state index contributed by atoms with van der Waals surface area (Å²) >= 11 is 0. The highest BCUT2D eigenvalue weighted by Gasteiger charge is 2.42. The normalized spacial score (nSPS) is 21.6. The lowest BCUT2D eigenvalue weighted by Crippen LogP contribution is -2.53. The summed E-state index contributed by atoms with van der Waals surface area (Å²) in [5.41, 5.74) is 6.79. The van der Waals surface area contributed by atoms with Crippen LogP contribution in [0, 0.1) is 5.41 Å². The predicted molar refractivity (Wildman–Crippen MR) is 114 cm³/mol. The Labute approximate surface area is 174 Å². The van der Waals surface area contributed by atoms with E-state index in [4.69, 9.17) is 10.5 Å². The number of benzene rings is 1. The van der Waals surface area contributed by atoms with Gasteiger partial charge in [0.2, 0.25) is 11.8 Å². The van der Waals surface area contributed by atoms with Gasteiger partial charge in [-0.05, 0) is 50.2 Å². The van der Waals surface area contributed by atoms with Crippen LogP contribution >= 0.6 is 0 Å². The van der Waals surface area contributed by atoms with Crippen LogP contribution in [0.2, 0.25) is 0 Å². The van der Waals surface area contributed by atoms with Gasteiger partial charge >= 0.3 is 0 Å². The molecule has 1 aromatic carbocycles. The summed E-state index contributed by atoms with van der Waals surface area (Å²) in [5, 5.41) is 3.10. The van der Waals surface area contributed by atoms with Crippen molar-refractivity contribution in [3.8, 4) is 5.75 Å². The minimum absolute atomic E-state index is 0.0126. The monoisotopic (exact) mass is 401 g/mol. The molecule has 1 atom stereocenters. The predicted octanol–water partition coefficient (Wildman–Crippen LogP) is 2.64. The number of ether oxygens (including phenoxy) is 1. The fraction of sp³-hybridized carbons (Fsp3) is 0.652. The fourth-order valence-electron chi connectivity index (χ4n) is 4.47. The van der Waals surface area contributed by atoms with Gasteiger partial charge in [-0.15, -0.1) is 0 Å². The molecule has 2 heterocycles. The number of likely N-dealkylation sites (tertiary alicyclic amines) is 1. The highest BCUT2D eigenvalue weighted by Crippen LogP contribution is 2.37.